The van der Waals surface area contributed by atoms with E-state index in [1.807, 2.05) is 6.07 Å². The van der Waals surface area contributed by atoms with Crippen molar-refractivity contribution in [3.63, 3.8) is 0 Å². The SMILES string of the molecule is Brc1cccc(C2CN2)c1. The van der Waals surface area contributed by atoms with E-state index in [-0.39, 0.29) is 0 Å². The summed E-state index contributed by atoms with van der Waals surface area (Å²) in [5.41, 5.74) is 1.38. The molecule has 2 heteroatoms. The van der Waals surface area contributed by atoms with E-state index in [0.717, 1.165) is 6.54 Å². The molecule has 0 aliphatic carbocycles. The van der Waals surface area contributed by atoms with Crippen LogP contribution in [0.4, 0.5) is 0 Å². The molecule has 0 amide bonds. The van der Waals surface area contributed by atoms with Crippen molar-refractivity contribution in [2.24, 2.45) is 0 Å². The Labute approximate surface area is 68.6 Å². The molecule has 1 saturated heterocycles. The van der Waals surface area contributed by atoms with Crippen LogP contribution in [0.25, 0.3) is 0 Å². The Hall–Kier alpha value is -0.340. The molecular weight excluding hydrogens is 190 g/mol. The Morgan fingerprint density at radius 2 is 2.30 bits per heavy atom. The topological polar surface area (TPSA) is 21.9 Å². The third-order valence-corrected chi connectivity index (χ3v) is 2.15. The van der Waals surface area contributed by atoms with Crippen molar-refractivity contribution in [3.8, 4) is 0 Å². The van der Waals surface area contributed by atoms with Gasteiger partial charge in [-0.05, 0) is 17.7 Å². The minimum Gasteiger partial charge on any atom is -0.307 e. The van der Waals surface area contributed by atoms with Crippen molar-refractivity contribution < 1.29 is 0 Å². The molecule has 52 valence electrons. The van der Waals surface area contributed by atoms with Gasteiger partial charge in [-0.15, -0.1) is 0 Å². The maximum absolute atomic E-state index is 3.43. The monoisotopic (exact) mass is 197 g/mol. The lowest BCUT2D eigenvalue weighted by atomic mass is 10.2. The predicted octanol–water partition coefficient (Wildman–Crippen LogP) is 2.09. The van der Waals surface area contributed by atoms with Crippen molar-refractivity contribution in [3.05, 3.63) is 34.3 Å². The summed E-state index contributed by atoms with van der Waals surface area (Å²) in [5, 5.41) is 3.26. The first kappa shape index (κ1) is 6.38. The van der Waals surface area contributed by atoms with E-state index in [1.54, 1.807) is 0 Å². The van der Waals surface area contributed by atoms with Gasteiger partial charge in [-0.3, -0.25) is 0 Å². The summed E-state index contributed by atoms with van der Waals surface area (Å²) in [4.78, 5) is 0. The van der Waals surface area contributed by atoms with Crippen LogP contribution in [0.1, 0.15) is 11.6 Å². The van der Waals surface area contributed by atoms with Crippen molar-refractivity contribution in [2.45, 2.75) is 6.04 Å². The van der Waals surface area contributed by atoms with Crippen LogP contribution in [0.15, 0.2) is 28.7 Å². The minimum absolute atomic E-state index is 0.623. The maximum Gasteiger partial charge on any atom is 0.0448 e. The highest BCUT2D eigenvalue weighted by Gasteiger charge is 2.21. The first-order chi connectivity index (χ1) is 4.86. The van der Waals surface area contributed by atoms with Gasteiger partial charge in [-0.2, -0.15) is 0 Å². The van der Waals surface area contributed by atoms with Gasteiger partial charge < -0.3 is 5.32 Å². The molecule has 0 bridgehead atoms. The van der Waals surface area contributed by atoms with Gasteiger partial charge in [0.1, 0.15) is 0 Å². The van der Waals surface area contributed by atoms with Crippen LogP contribution in [0.2, 0.25) is 0 Å². The second-order valence-electron chi connectivity index (χ2n) is 2.52. The molecule has 1 heterocycles. The molecule has 0 saturated carbocycles. The van der Waals surface area contributed by atoms with Crippen LogP contribution >= 0.6 is 15.9 Å². The summed E-state index contributed by atoms with van der Waals surface area (Å²) in [6.45, 7) is 1.14. The van der Waals surface area contributed by atoms with E-state index < -0.39 is 0 Å². The molecule has 10 heavy (non-hydrogen) atoms. The zero-order chi connectivity index (χ0) is 6.97. The van der Waals surface area contributed by atoms with Crippen LogP contribution in [0.5, 0.6) is 0 Å². The van der Waals surface area contributed by atoms with E-state index in [2.05, 4.69) is 39.4 Å². The Bertz CT molecular complexity index is 243. The van der Waals surface area contributed by atoms with Crippen LogP contribution < -0.4 is 5.32 Å². The molecule has 0 spiro atoms. The molecule has 1 N–H and O–H groups in total. The fourth-order valence-electron chi connectivity index (χ4n) is 1.02. The number of benzene rings is 1. The van der Waals surface area contributed by atoms with Gasteiger partial charge in [0.25, 0.3) is 0 Å². The summed E-state index contributed by atoms with van der Waals surface area (Å²) in [6.07, 6.45) is 0. The lowest BCUT2D eigenvalue weighted by molar-refractivity contribution is 1.08. The first-order valence-electron chi connectivity index (χ1n) is 3.35. The number of rotatable bonds is 1. The Morgan fingerprint density at radius 1 is 1.50 bits per heavy atom. The quantitative estimate of drug-likeness (QED) is 0.685. The summed E-state index contributed by atoms with van der Waals surface area (Å²) >= 11 is 3.43. The predicted molar refractivity (Wildman–Crippen MR) is 44.9 cm³/mol. The van der Waals surface area contributed by atoms with Crippen molar-refractivity contribution in [1.82, 2.24) is 5.32 Å². The summed E-state index contributed by atoms with van der Waals surface area (Å²) < 4.78 is 1.17. The number of hydrogen-bond acceptors (Lipinski definition) is 1. The molecule has 1 nitrogen and oxygen atoms in total. The van der Waals surface area contributed by atoms with Crippen LogP contribution in [-0.2, 0) is 0 Å². The molecular formula is C8H8BrN. The van der Waals surface area contributed by atoms with Gasteiger partial charge in [-0.25, -0.2) is 0 Å². The molecule has 0 radical (unpaired) electrons. The lowest BCUT2D eigenvalue weighted by Crippen LogP contribution is -1.81. The fourth-order valence-corrected chi connectivity index (χ4v) is 1.43. The normalized spacial score (nSPS) is 22.7. The van der Waals surface area contributed by atoms with E-state index in [1.165, 1.54) is 10.0 Å². The summed E-state index contributed by atoms with van der Waals surface area (Å²) in [6, 6.07) is 9.04. The molecule has 1 atom stereocenters. The van der Waals surface area contributed by atoms with E-state index in [0.29, 0.717) is 6.04 Å². The van der Waals surface area contributed by atoms with Gasteiger partial charge in [0.2, 0.25) is 0 Å². The highest BCUT2D eigenvalue weighted by molar-refractivity contribution is 9.10. The Morgan fingerprint density at radius 3 is 2.90 bits per heavy atom. The smallest absolute Gasteiger partial charge is 0.0448 e. The highest BCUT2D eigenvalue weighted by Crippen LogP contribution is 2.23. The van der Waals surface area contributed by atoms with E-state index in [9.17, 15) is 0 Å². The fraction of sp³-hybridized carbons (Fsp3) is 0.250. The Kier molecular flexibility index (Phi) is 1.51. The van der Waals surface area contributed by atoms with Crippen LogP contribution in [-0.4, -0.2) is 6.54 Å². The third kappa shape index (κ3) is 1.22. The third-order valence-electron chi connectivity index (χ3n) is 1.66. The van der Waals surface area contributed by atoms with Gasteiger partial charge >= 0.3 is 0 Å². The van der Waals surface area contributed by atoms with Crippen molar-refractivity contribution in [2.75, 3.05) is 6.54 Å². The lowest BCUT2D eigenvalue weighted by Gasteiger charge is -1.95. The number of halogens is 1. The number of hydrogen-bond donors (Lipinski definition) is 1. The first-order valence-corrected chi connectivity index (χ1v) is 4.14. The maximum atomic E-state index is 3.43. The van der Waals surface area contributed by atoms with Gasteiger partial charge in [0.15, 0.2) is 0 Å². The average molecular weight is 198 g/mol. The largest absolute Gasteiger partial charge is 0.307 e. The highest BCUT2D eigenvalue weighted by atomic mass is 79.9. The molecule has 1 fully saturated rings. The van der Waals surface area contributed by atoms with Crippen molar-refractivity contribution in [1.29, 1.82) is 0 Å². The molecule has 1 unspecified atom stereocenters. The van der Waals surface area contributed by atoms with Gasteiger partial charge in [-0.1, -0.05) is 28.1 Å². The zero-order valence-corrected chi connectivity index (χ0v) is 7.06. The second kappa shape index (κ2) is 2.36. The van der Waals surface area contributed by atoms with E-state index in [4.69, 9.17) is 0 Å². The van der Waals surface area contributed by atoms with Gasteiger partial charge in [0, 0.05) is 17.1 Å². The Balaban J connectivity index is 2.32. The molecule has 1 aromatic rings. The van der Waals surface area contributed by atoms with Crippen LogP contribution in [0, 0.1) is 0 Å². The number of nitrogens with one attached hydrogen (secondary N) is 1. The van der Waals surface area contributed by atoms with Gasteiger partial charge in [0.05, 0.1) is 0 Å². The molecule has 0 aromatic heterocycles. The molecule has 1 aliphatic rings. The standard InChI is InChI=1S/C8H8BrN/c9-7-3-1-2-6(4-7)8-5-10-8/h1-4,8,10H,5H2. The molecule has 2 rings (SSSR count). The second-order valence-corrected chi connectivity index (χ2v) is 3.43. The van der Waals surface area contributed by atoms with Crippen molar-refractivity contribution >= 4 is 15.9 Å². The summed E-state index contributed by atoms with van der Waals surface area (Å²) in [7, 11) is 0. The molecule has 1 aliphatic heterocycles. The average Bonchev–Trinajstić information content (AvgIpc) is 2.68. The van der Waals surface area contributed by atoms with Crippen LogP contribution in [0.3, 0.4) is 0 Å². The van der Waals surface area contributed by atoms with E-state index >= 15 is 0 Å². The minimum atomic E-state index is 0.623. The molecule has 1 aromatic carbocycles. The zero-order valence-electron chi connectivity index (χ0n) is 5.47. The summed E-state index contributed by atoms with van der Waals surface area (Å²) in [5.74, 6) is 0.